The van der Waals surface area contributed by atoms with Crippen molar-refractivity contribution >= 4 is 6.03 Å². The number of piperidine rings is 1. The number of likely N-dealkylation sites (tertiary alicyclic amines) is 1. The molecule has 1 aliphatic heterocycles. The number of carbonyl (C=O) groups excluding carboxylic acids is 1. The van der Waals surface area contributed by atoms with Crippen LogP contribution in [-0.2, 0) is 6.54 Å². The Morgan fingerprint density at radius 2 is 2.17 bits per heavy atom. The smallest absolute Gasteiger partial charge is 0.317 e. The molecule has 2 N–H and O–H groups in total. The van der Waals surface area contributed by atoms with Gasteiger partial charge in [-0.3, -0.25) is 4.90 Å². The van der Waals surface area contributed by atoms with E-state index >= 15 is 0 Å². The third-order valence-electron chi connectivity index (χ3n) is 4.90. The van der Waals surface area contributed by atoms with Crippen LogP contribution in [0.15, 0.2) is 22.8 Å². The molecular formula is C18H31N3O3. The van der Waals surface area contributed by atoms with Gasteiger partial charge in [0.15, 0.2) is 0 Å². The van der Waals surface area contributed by atoms with Gasteiger partial charge in [-0.15, -0.1) is 0 Å². The van der Waals surface area contributed by atoms with Crippen molar-refractivity contribution in [2.24, 2.45) is 5.92 Å². The number of urea groups is 1. The molecule has 0 atom stereocenters. The van der Waals surface area contributed by atoms with Crippen LogP contribution in [0.5, 0.6) is 0 Å². The Kier molecular flexibility index (Phi) is 6.69. The third kappa shape index (κ3) is 5.24. The van der Waals surface area contributed by atoms with Crippen molar-refractivity contribution in [3.05, 3.63) is 24.2 Å². The van der Waals surface area contributed by atoms with Gasteiger partial charge in [-0.1, -0.05) is 6.92 Å². The largest absolute Gasteiger partial charge is 0.467 e. The molecule has 1 aromatic rings. The van der Waals surface area contributed by atoms with E-state index in [0.29, 0.717) is 18.8 Å². The summed E-state index contributed by atoms with van der Waals surface area (Å²) in [6.07, 6.45) is 4.02. The summed E-state index contributed by atoms with van der Waals surface area (Å²) in [6.45, 7) is 9.97. The van der Waals surface area contributed by atoms with Gasteiger partial charge in [0.05, 0.1) is 19.4 Å². The molecule has 0 saturated carbocycles. The fraction of sp³-hybridized carbons (Fsp3) is 0.722. The lowest BCUT2D eigenvalue weighted by atomic mass is 9.93. The van der Waals surface area contributed by atoms with E-state index in [2.05, 4.69) is 31.0 Å². The van der Waals surface area contributed by atoms with Crippen molar-refractivity contribution in [3.63, 3.8) is 0 Å². The van der Waals surface area contributed by atoms with Gasteiger partial charge in [0.1, 0.15) is 5.76 Å². The number of nitrogens with zero attached hydrogens (tertiary/aromatic N) is 2. The highest BCUT2D eigenvalue weighted by Crippen LogP contribution is 2.23. The number of hydrogen-bond donors (Lipinski definition) is 2. The molecule has 0 bridgehead atoms. The molecule has 24 heavy (non-hydrogen) atoms. The minimum atomic E-state index is -0.168. The number of rotatable bonds is 7. The number of carbonyl (C=O) groups is 1. The van der Waals surface area contributed by atoms with Gasteiger partial charge in [-0.25, -0.2) is 4.79 Å². The molecule has 2 amide bonds. The second-order valence-electron chi connectivity index (χ2n) is 7.37. The van der Waals surface area contributed by atoms with Crippen LogP contribution in [0.3, 0.4) is 0 Å². The van der Waals surface area contributed by atoms with Crippen molar-refractivity contribution in [3.8, 4) is 0 Å². The summed E-state index contributed by atoms with van der Waals surface area (Å²) in [5, 5.41) is 12.2. The summed E-state index contributed by atoms with van der Waals surface area (Å²) in [5.74, 6) is 1.50. The molecule has 6 nitrogen and oxygen atoms in total. The Bertz CT molecular complexity index is 494. The maximum atomic E-state index is 12.5. The van der Waals surface area contributed by atoms with E-state index in [1.165, 1.54) is 12.8 Å². The third-order valence-corrected chi connectivity index (χ3v) is 4.90. The normalized spacial score (nSPS) is 17.0. The topological polar surface area (TPSA) is 69.0 Å². The molecule has 1 saturated heterocycles. The second-order valence-corrected chi connectivity index (χ2v) is 7.37. The number of amides is 2. The Morgan fingerprint density at radius 1 is 1.46 bits per heavy atom. The average molecular weight is 337 g/mol. The SMILES string of the molecule is CC1CCN(C(C)(C)CNC(=O)N(CCO)Cc2ccco2)CC1. The van der Waals surface area contributed by atoms with Gasteiger partial charge in [0.25, 0.3) is 0 Å². The fourth-order valence-corrected chi connectivity index (χ4v) is 3.09. The van der Waals surface area contributed by atoms with E-state index < -0.39 is 0 Å². The second kappa shape index (κ2) is 8.53. The van der Waals surface area contributed by atoms with E-state index in [1.807, 2.05) is 6.07 Å². The summed E-state index contributed by atoms with van der Waals surface area (Å²) < 4.78 is 5.30. The van der Waals surface area contributed by atoms with Crippen LogP contribution in [0.1, 0.15) is 39.4 Å². The van der Waals surface area contributed by atoms with E-state index in [-0.39, 0.29) is 24.7 Å². The molecule has 1 aromatic heterocycles. The highest BCUT2D eigenvalue weighted by molar-refractivity contribution is 5.74. The van der Waals surface area contributed by atoms with E-state index in [4.69, 9.17) is 4.42 Å². The molecule has 2 heterocycles. The average Bonchev–Trinajstić information content (AvgIpc) is 3.06. The molecule has 6 heteroatoms. The number of aliphatic hydroxyl groups is 1. The first kappa shape index (κ1) is 18.8. The monoisotopic (exact) mass is 337 g/mol. The molecule has 2 rings (SSSR count). The predicted octanol–water partition coefficient (Wildman–Crippen LogP) is 2.29. The molecule has 0 aromatic carbocycles. The standard InChI is InChI=1S/C18H31N3O3/c1-15-6-8-21(9-7-15)18(2,3)14-19-17(23)20(10-11-22)13-16-5-4-12-24-16/h4-5,12,15,22H,6-11,13-14H2,1-3H3,(H,19,23). The van der Waals surface area contributed by atoms with Crippen molar-refractivity contribution in [2.75, 3.05) is 32.8 Å². The number of aliphatic hydroxyl groups excluding tert-OH is 1. The molecule has 0 unspecified atom stereocenters. The first-order valence-corrected chi connectivity index (χ1v) is 8.83. The molecule has 1 aliphatic rings. The minimum Gasteiger partial charge on any atom is -0.467 e. The number of furan rings is 1. The van der Waals surface area contributed by atoms with E-state index in [0.717, 1.165) is 19.0 Å². The van der Waals surface area contributed by atoms with Crippen LogP contribution in [0.2, 0.25) is 0 Å². The van der Waals surface area contributed by atoms with E-state index in [1.54, 1.807) is 17.2 Å². The van der Waals surface area contributed by atoms with Gasteiger partial charge in [0.2, 0.25) is 0 Å². The first-order chi connectivity index (χ1) is 11.4. The number of hydrogen-bond acceptors (Lipinski definition) is 4. The zero-order chi connectivity index (χ0) is 17.6. The quantitative estimate of drug-likeness (QED) is 0.801. The van der Waals surface area contributed by atoms with Gasteiger partial charge >= 0.3 is 6.03 Å². The van der Waals surface area contributed by atoms with Crippen LogP contribution in [0, 0.1) is 5.92 Å². The summed E-state index contributed by atoms with van der Waals surface area (Å²) in [4.78, 5) is 16.5. The van der Waals surface area contributed by atoms with Crippen LogP contribution >= 0.6 is 0 Å². The molecule has 0 spiro atoms. The Balaban J connectivity index is 1.86. The lowest BCUT2D eigenvalue weighted by Gasteiger charge is -2.42. The van der Waals surface area contributed by atoms with Crippen molar-refractivity contribution in [1.82, 2.24) is 15.1 Å². The maximum absolute atomic E-state index is 12.5. The van der Waals surface area contributed by atoms with Crippen LogP contribution in [0.4, 0.5) is 4.79 Å². The summed E-state index contributed by atoms with van der Waals surface area (Å²) in [7, 11) is 0. The lowest BCUT2D eigenvalue weighted by Crippen LogP contribution is -2.55. The molecule has 1 fully saturated rings. The predicted molar refractivity (Wildman–Crippen MR) is 93.7 cm³/mol. The summed E-state index contributed by atoms with van der Waals surface area (Å²) >= 11 is 0. The maximum Gasteiger partial charge on any atom is 0.317 e. The fourth-order valence-electron chi connectivity index (χ4n) is 3.09. The summed E-state index contributed by atoms with van der Waals surface area (Å²) in [5.41, 5.74) is -0.0780. The highest BCUT2D eigenvalue weighted by Gasteiger charge is 2.30. The Morgan fingerprint density at radius 3 is 2.75 bits per heavy atom. The molecule has 0 radical (unpaired) electrons. The number of nitrogens with one attached hydrogen (secondary N) is 1. The van der Waals surface area contributed by atoms with Crippen molar-refractivity contribution < 1.29 is 14.3 Å². The molecule has 136 valence electrons. The Labute approximate surface area is 144 Å². The van der Waals surface area contributed by atoms with Gasteiger partial charge in [-0.2, -0.15) is 0 Å². The van der Waals surface area contributed by atoms with Crippen molar-refractivity contribution in [1.29, 1.82) is 0 Å². The lowest BCUT2D eigenvalue weighted by molar-refractivity contribution is 0.0770. The van der Waals surface area contributed by atoms with Crippen LogP contribution in [0.25, 0.3) is 0 Å². The highest BCUT2D eigenvalue weighted by atomic mass is 16.3. The first-order valence-electron chi connectivity index (χ1n) is 8.83. The van der Waals surface area contributed by atoms with Crippen LogP contribution in [-0.4, -0.2) is 59.3 Å². The van der Waals surface area contributed by atoms with E-state index in [9.17, 15) is 9.90 Å². The summed E-state index contributed by atoms with van der Waals surface area (Å²) in [6, 6.07) is 3.46. The van der Waals surface area contributed by atoms with Crippen LogP contribution < -0.4 is 5.32 Å². The minimum absolute atomic E-state index is 0.0679. The Hall–Kier alpha value is -1.53. The zero-order valence-electron chi connectivity index (χ0n) is 15.1. The van der Waals surface area contributed by atoms with Crippen molar-refractivity contribution in [2.45, 2.75) is 45.7 Å². The van der Waals surface area contributed by atoms with Gasteiger partial charge in [0, 0.05) is 18.6 Å². The molecular weight excluding hydrogens is 306 g/mol. The zero-order valence-corrected chi connectivity index (χ0v) is 15.1. The molecule has 0 aliphatic carbocycles. The van der Waals surface area contributed by atoms with Gasteiger partial charge in [-0.05, 0) is 57.8 Å². The van der Waals surface area contributed by atoms with Gasteiger partial charge < -0.3 is 19.7 Å².